The van der Waals surface area contributed by atoms with Crippen molar-refractivity contribution in [1.82, 2.24) is 4.90 Å². The van der Waals surface area contributed by atoms with E-state index in [0.717, 1.165) is 6.07 Å². The van der Waals surface area contributed by atoms with E-state index in [1.54, 1.807) is 19.0 Å². The number of nitrogen functional groups attached to an aromatic ring is 1. The fourth-order valence-electron chi connectivity index (χ4n) is 1.38. The molecule has 106 valence electrons. The summed E-state index contributed by atoms with van der Waals surface area (Å²) >= 11 is 0. The monoisotopic (exact) mass is 275 g/mol. The van der Waals surface area contributed by atoms with Gasteiger partial charge in [0.25, 0.3) is 0 Å². The lowest BCUT2D eigenvalue weighted by molar-refractivity contribution is -0.139. The van der Waals surface area contributed by atoms with Gasteiger partial charge in [0, 0.05) is 12.1 Å². The highest BCUT2D eigenvalue weighted by molar-refractivity contribution is 5.95. The number of likely N-dealkylation sites (N-methyl/N-ethyl adjacent to an activating group) is 1. The maximum Gasteiger partial charge on any atom is 0.419 e. The summed E-state index contributed by atoms with van der Waals surface area (Å²) in [5, 5.41) is 7.16. The highest BCUT2D eigenvalue weighted by Gasteiger charge is 2.34. The zero-order valence-corrected chi connectivity index (χ0v) is 10.7. The maximum atomic E-state index is 12.9. The van der Waals surface area contributed by atoms with E-state index in [9.17, 15) is 13.2 Å². The van der Waals surface area contributed by atoms with Gasteiger partial charge < -0.3 is 15.4 Å². The Morgan fingerprint density at radius 2 is 2.00 bits per heavy atom. The molecule has 0 aliphatic carbocycles. The Morgan fingerprint density at radius 3 is 2.47 bits per heavy atom. The molecule has 0 unspecified atom stereocenters. The molecule has 0 aromatic heterocycles. The van der Waals surface area contributed by atoms with Crippen LogP contribution in [-0.4, -0.2) is 38.0 Å². The Hall–Kier alpha value is -1.76. The van der Waals surface area contributed by atoms with E-state index in [2.05, 4.69) is 0 Å². The Kier molecular flexibility index (Phi) is 4.77. The predicted octanol–water partition coefficient (Wildman–Crippen LogP) is 1.93. The normalized spacial score (nSPS) is 11.7. The third-order valence-corrected chi connectivity index (χ3v) is 2.39. The van der Waals surface area contributed by atoms with Crippen molar-refractivity contribution in [2.24, 2.45) is 5.73 Å². The molecule has 0 spiro atoms. The Balaban J connectivity index is 3.00. The molecule has 1 rings (SSSR count). The van der Waals surface area contributed by atoms with E-state index >= 15 is 0 Å². The molecule has 0 aliphatic heterocycles. The van der Waals surface area contributed by atoms with Gasteiger partial charge in [0.2, 0.25) is 0 Å². The number of hydrogen-bond donors (Lipinski definition) is 2. The van der Waals surface area contributed by atoms with Crippen molar-refractivity contribution in [3.8, 4) is 5.75 Å². The van der Waals surface area contributed by atoms with Crippen LogP contribution in [0.5, 0.6) is 5.75 Å². The van der Waals surface area contributed by atoms with Crippen LogP contribution in [0, 0.1) is 5.41 Å². The summed E-state index contributed by atoms with van der Waals surface area (Å²) < 4.78 is 43.8. The minimum Gasteiger partial charge on any atom is -0.492 e. The number of nitrogens with two attached hydrogens (primary N) is 1. The number of amidine groups is 1. The average Bonchev–Trinajstić information content (AvgIpc) is 2.27. The molecule has 0 saturated carbocycles. The molecule has 3 N–H and O–H groups in total. The summed E-state index contributed by atoms with van der Waals surface area (Å²) in [7, 11) is 3.60. The van der Waals surface area contributed by atoms with E-state index in [1.807, 2.05) is 0 Å². The van der Waals surface area contributed by atoms with Gasteiger partial charge in [-0.05, 0) is 32.3 Å². The summed E-state index contributed by atoms with van der Waals surface area (Å²) in [6, 6.07) is 3.35. The van der Waals surface area contributed by atoms with Crippen LogP contribution in [0.1, 0.15) is 11.1 Å². The van der Waals surface area contributed by atoms with E-state index in [0.29, 0.717) is 6.54 Å². The van der Waals surface area contributed by atoms with Gasteiger partial charge in [0.15, 0.2) is 0 Å². The molecule has 1 aromatic carbocycles. The van der Waals surface area contributed by atoms with E-state index < -0.39 is 17.6 Å². The Morgan fingerprint density at radius 1 is 1.37 bits per heavy atom. The standard InChI is InChI=1S/C12H16F3N3O/c1-18(2)5-6-19-10-4-3-8(11(16)17)7-9(10)12(13,14)15/h3-4,7H,5-6H2,1-2H3,(H3,16,17). The van der Waals surface area contributed by atoms with Gasteiger partial charge >= 0.3 is 6.18 Å². The first kappa shape index (κ1) is 15.3. The van der Waals surface area contributed by atoms with Crippen LogP contribution in [0.2, 0.25) is 0 Å². The molecule has 0 aliphatic rings. The number of hydrogen-bond acceptors (Lipinski definition) is 3. The van der Waals surface area contributed by atoms with Crippen LogP contribution in [0.15, 0.2) is 18.2 Å². The van der Waals surface area contributed by atoms with Crippen LogP contribution in [0.3, 0.4) is 0 Å². The van der Waals surface area contributed by atoms with Gasteiger partial charge in [0.1, 0.15) is 18.2 Å². The zero-order chi connectivity index (χ0) is 14.6. The molecule has 0 amide bonds. The lowest BCUT2D eigenvalue weighted by atomic mass is 10.1. The molecule has 4 nitrogen and oxygen atoms in total. The van der Waals surface area contributed by atoms with E-state index in [4.69, 9.17) is 15.9 Å². The molecule has 0 atom stereocenters. The third-order valence-electron chi connectivity index (χ3n) is 2.39. The molecule has 1 aromatic rings. The van der Waals surface area contributed by atoms with Gasteiger partial charge in [0.05, 0.1) is 5.56 Å². The van der Waals surface area contributed by atoms with Crippen molar-refractivity contribution in [3.63, 3.8) is 0 Å². The molecule has 0 heterocycles. The second-order valence-corrected chi connectivity index (χ2v) is 4.27. The minimum atomic E-state index is -4.54. The molecular formula is C12H16F3N3O. The summed E-state index contributed by atoms with van der Waals surface area (Å²) in [4.78, 5) is 1.80. The number of ether oxygens (including phenoxy) is 1. The summed E-state index contributed by atoms with van der Waals surface area (Å²) in [6.45, 7) is 0.654. The maximum absolute atomic E-state index is 12.9. The van der Waals surface area contributed by atoms with Gasteiger partial charge in [-0.15, -0.1) is 0 Å². The number of alkyl halides is 3. The number of nitrogens with one attached hydrogen (secondary N) is 1. The van der Waals surface area contributed by atoms with Crippen molar-refractivity contribution in [2.75, 3.05) is 27.2 Å². The Bertz CT molecular complexity index is 458. The van der Waals surface area contributed by atoms with Gasteiger partial charge in [-0.2, -0.15) is 13.2 Å². The minimum absolute atomic E-state index is 0.0206. The van der Waals surface area contributed by atoms with Gasteiger partial charge in [-0.3, -0.25) is 5.41 Å². The Labute approximate surface area is 109 Å². The number of halogens is 3. The second kappa shape index (κ2) is 5.92. The molecule has 0 fully saturated rings. The smallest absolute Gasteiger partial charge is 0.419 e. The van der Waals surface area contributed by atoms with Crippen LogP contribution in [0.4, 0.5) is 13.2 Å². The van der Waals surface area contributed by atoms with E-state index in [-0.39, 0.29) is 17.9 Å². The van der Waals surface area contributed by atoms with Gasteiger partial charge in [-0.25, -0.2) is 0 Å². The number of rotatable bonds is 5. The fourth-order valence-corrected chi connectivity index (χ4v) is 1.38. The van der Waals surface area contributed by atoms with Crippen LogP contribution in [0.25, 0.3) is 0 Å². The highest BCUT2D eigenvalue weighted by Crippen LogP contribution is 2.36. The van der Waals surface area contributed by atoms with Crippen LogP contribution in [-0.2, 0) is 6.18 Å². The molecule has 0 radical (unpaired) electrons. The molecular weight excluding hydrogens is 259 g/mol. The van der Waals surface area contributed by atoms with Crippen molar-refractivity contribution in [1.29, 1.82) is 5.41 Å². The lowest BCUT2D eigenvalue weighted by Gasteiger charge is -2.16. The molecule has 0 saturated heterocycles. The van der Waals surface area contributed by atoms with Crippen molar-refractivity contribution < 1.29 is 17.9 Å². The summed E-state index contributed by atoms with van der Waals surface area (Å²) in [6.07, 6.45) is -4.54. The SMILES string of the molecule is CN(C)CCOc1ccc(C(=N)N)cc1C(F)(F)F. The third kappa shape index (κ3) is 4.44. The summed E-state index contributed by atoms with van der Waals surface area (Å²) in [5.74, 6) is -0.662. The zero-order valence-electron chi connectivity index (χ0n) is 10.7. The van der Waals surface area contributed by atoms with Crippen LogP contribution >= 0.6 is 0 Å². The molecule has 7 heteroatoms. The number of benzene rings is 1. The largest absolute Gasteiger partial charge is 0.492 e. The quantitative estimate of drug-likeness (QED) is 0.637. The highest BCUT2D eigenvalue weighted by atomic mass is 19.4. The summed E-state index contributed by atoms with van der Waals surface area (Å²) in [5.41, 5.74) is 4.29. The molecule has 19 heavy (non-hydrogen) atoms. The number of nitrogens with zero attached hydrogens (tertiary/aromatic N) is 1. The van der Waals surface area contributed by atoms with Crippen molar-refractivity contribution in [3.05, 3.63) is 29.3 Å². The second-order valence-electron chi connectivity index (χ2n) is 4.27. The van der Waals surface area contributed by atoms with Crippen LogP contribution < -0.4 is 10.5 Å². The molecule has 0 bridgehead atoms. The fraction of sp³-hybridized carbons (Fsp3) is 0.417. The topological polar surface area (TPSA) is 62.3 Å². The van der Waals surface area contributed by atoms with E-state index in [1.165, 1.54) is 12.1 Å². The first-order valence-corrected chi connectivity index (χ1v) is 5.55. The first-order valence-electron chi connectivity index (χ1n) is 5.55. The van der Waals surface area contributed by atoms with Crippen molar-refractivity contribution >= 4 is 5.84 Å². The lowest BCUT2D eigenvalue weighted by Crippen LogP contribution is -2.21. The van der Waals surface area contributed by atoms with Gasteiger partial charge in [-0.1, -0.05) is 0 Å². The predicted molar refractivity (Wildman–Crippen MR) is 66.5 cm³/mol. The van der Waals surface area contributed by atoms with Crippen molar-refractivity contribution in [2.45, 2.75) is 6.18 Å². The first-order chi connectivity index (χ1) is 8.71. The average molecular weight is 275 g/mol.